The first-order valence-electron chi connectivity index (χ1n) is 3.22. The maximum atomic E-state index is 12.0. The van der Waals surface area contributed by atoms with Gasteiger partial charge in [0.05, 0.1) is 5.97 Å². The molecule has 4 nitrogen and oxygen atoms in total. The number of hydrogen-bond donors (Lipinski definition) is 0. The molecule has 0 spiro atoms. The van der Waals surface area contributed by atoms with Gasteiger partial charge in [0.2, 0.25) is 0 Å². The maximum absolute atomic E-state index is 12.0. The minimum absolute atomic E-state index is 0.999. The van der Waals surface area contributed by atoms with Gasteiger partial charge in [-0.2, -0.15) is 13.2 Å². The Kier molecular flexibility index (Phi) is 1.78. The van der Waals surface area contributed by atoms with E-state index >= 15 is 0 Å². The predicted molar refractivity (Wildman–Crippen MR) is 26.6 cm³/mol. The van der Waals surface area contributed by atoms with Crippen molar-refractivity contribution in [1.82, 2.24) is 0 Å². The zero-order chi connectivity index (χ0) is 10.4. The number of carboxylic acid groups (broad SMARTS) is 2. The second-order valence-corrected chi connectivity index (χ2v) is 2.83. The maximum Gasteiger partial charge on any atom is 0.400 e. The van der Waals surface area contributed by atoms with Gasteiger partial charge in [-0.1, -0.05) is 0 Å². The predicted octanol–water partition coefficient (Wildman–Crippen LogP) is -1.95. The van der Waals surface area contributed by atoms with Crippen LogP contribution in [0, 0.1) is 11.3 Å². The summed E-state index contributed by atoms with van der Waals surface area (Å²) >= 11 is 0. The molecule has 1 rings (SSSR count). The Hall–Kier alpha value is -1.27. The molecule has 7 heteroatoms. The molecule has 0 saturated heterocycles. The van der Waals surface area contributed by atoms with Gasteiger partial charge in [-0.25, -0.2) is 0 Å². The van der Waals surface area contributed by atoms with Crippen LogP contribution in [0.4, 0.5) is 13.2 Å². The molecule has 1 fully saturated rings. The van der Waals surface area contributed by atoms with Crippen LogP contribution in [0.5, 0.6) is 0 Å². The third kappa shape index (κ3) is 1.14. The minimum Gasteiger partial charge on any atom is -0.550 e. The van der Waals surface area contributed by atoms with E-state index in [1.54, 1.807) is 0 Å². The highest BCUT2D eigenvalue weighted by Crippen LogP contribution is 2.61. The third-order valence-corrected chi connectivity index (χ3v) is 2.12. The number of carboxylic acids is 2. The number of aliphatic carboxylic acids is 2. The number of halogens is 3. The molecule has 0 bridgehead atoms. The SMILES string of the molecule is O=C([O-])[C@H]1C[C@@]1(C(=O)[O-])C(F)(F)F. The van der Waals surface area contributed by atoms with E-state index in [1.165, 1.54) is 0 Å². The van der Waals surface area contributed by atoms with Gasteiger partial charge >= 0.3 is 6.18 Å². The summed E-state index contributed by atoms with van der Waals surface area (Å²) in [5.41, 5.74) is -3.23. The van der Waals surface area contributed by atoms with E-state index in [-0.39, 0.29) is 0 Å². The largest absolute Gasteiger partial charge is 0.550 e. The molecule has 0 aromatic rings. The lowest BCUT2D eigenvalue weighted by atomic mass is 10.0. The fourth-order valence-corrected chi connectivity index (χ4v) is 1.20. The first kappa shape index (κ1) is 9.82. The Labute approximate surface area is 70.0 Å². The van der Waals surface area contributed by atoms with Crippen LogP contribution in [0.15, 0.2) is 0 Å². The van der Waals surface area contributed by atoms with Crippen LogP contribution in [0.3, 0.4) is 0 Å². The van der Waals surface area contributed by atoms with Crippen molar-refractivity contribution in [3.63, 3.8) is 0 Å². The van der Waals surface area contributed by atoms with Gasteiger partial charge in [0.15, 0.2) is 0 Å². The van der Waals surface area contributed by atoms with Crippen molar-refractivity contribution in [2.24, 2.45) is 11.3 Å². The molecule has 0 aromatic heterocycles. The Bertz CT molecular complexity index is 272. The van der Waals surface area contributed by atoms with Gasteiger partial charge < -0.3 is 19.8 Å². The zero-order valence-corrected chi connectivity index (χ0v) is 6.05. The lowest BCUT2D eigenvalue weighted by Crippen LogP contribution is -2.46. The molecule has 0 amide bonds. The van der Waals surface area contributed by atoms with E-state index < -0.39 is 35.9 Å². The summed E-state index contributed by atoms with van der Waals surface area (Å²) < 4.78 is 36.1. The summed E-state index contributed by atoms with van der Waals surface area (Å²) in [4.78, 5) is 20.1. The van der Waals surface area contributed by atoms with Gasteiger partial charge in [0.25, 0.3) is 0 Å². The number of carbonyl (C=O) groups is 2. The molecule has 0 aliphatic heterocycles. The highest BCUT2D eigenvalue weighted by Gasteiger charge is 2.72. The quantitative estimate of drug-likeness (QED) is 0.514. The van der Waals surface area contributed by atoms with Crippen molar-refractivity contribution in [2.75, 3.05) is 0 Å². The van der Waals surface area contributed by atoms with E-state index in [4.69, 9.17) is 0 Å². The monoisotopic (exact) mass is 196 g/mol. The lowest BCUT2D eigenvalue weighted by molar-refractivity contribution is -0.338. The Balaban J connectivity index is 2.97. The highest BCUT2D eigenvalue weighted by atomic mass is 19.4. The molecule has 0 aromatic carbocycles. The fraction of sp³-hybridized carbons (Fsp3) is 0.667. The van der Waals surface area contributed by atoms with E-state index in [9.17, 15) is 33.0 Å². The summed E-state index contributed by atoms with van der Waals surface area (Å²) in [6, 6.07) is 0. The van der Waals surface area contributed by atoms with Gasteiger partial charge in [-0.05, 0) is 6.42 Å². The topological polar surface area (TPSA) is 80.3 Å². The van der Waals surface area contributed by atoms with Gasteiger partial charge in [-0.3, -0.25) is 0 Å². The summed E-state index contributed by atoms with van der Waals surface area (Å²) in [7, 11) is 0. The van der Waals surface area contributed by atoms with Crippen molar-refractivity contribution >= 4 is 11.9 Å². The fourth-order valence-electron chi connectivity index (χ4n) is 1.20. The molecule has 1 saturated carbocycles. The molecule has 0 heterocycles. The Morgan fingerprint density at radius 3 is 1.85 bits per heavy atom. The van der Waals surface area contributed by atoms with Crippen LogP contribution in [0.1, 0.15) is 6.42 Å². The van der Waals surface area contributed by atoms with E-state index in [2.05, 4.69) is 0 Å². The average molecular weight is 196 g/mol. The molecule has 1 aliphatic carbocycles. The van der Waals surface area contributed by atoms with Crippen LogP contribution >= 0.6 is 0 Å². The van der Waals surface area contributed by atoms with Crippen molar-refractivity contribution in [2.45, 2.75) is 12.6 Å². The van der Waals surface area contributed by atoms with Crippen molar-refractivity contribution in [3.05, 3.63) is 0 Å². The average Bonchev–Trinajstić information content (AvgIpc) is 2.57. The Morgan fingerprint density at radius 1 is 1.31 bits per heavy atom. The van der Waals surface area contributed by atoms with Gasteiger partial charge in [0.1, 0.15) is 5.41 Å². The van der Waals surface area contributed by atoms with E-state index in [1.807, 2.05) is 0 Å². The molecule has 1 aliphatic rings. The molecule has 74 valence electrons. The second kappa shape index (κ2) is 2.36. The van der Waals surface area contributed by atoms with Crippen LogP contribution in [0.25, 0.3) is 0 Å². The smallest absolute Gasteiger partial charge is 0.400 e. The molecular weight excluding hydrogens is 193 g/mol. The summed E-state index contributed by atoms with van der Waals surface area (Å²) in [5, 5.41) is 20.1. The van der Waals surface area contributed by atoms with Crippen molar-refractivity contribution in [1.29, 1.82) is 0 Å². The zero-order valence-electron chi connectivity index (χ0n) is 6.05. The highest BCUT2D eigenvalue weighted by molar-refractivity contribution is 5.88. The molecule has 13 heavy (non-hydrogen) atoms. The number of hydrogen-bond acceptors (Lipinski definition) is 4. The van der Waals surface area contributed by atoms with Crippen molar-refractivity contribution < 1.29 is 33.0 Å². The number of carbonyl (C=O) groups excluding carboxylic acids is 2. The molecule has 0 unspecified atom stereocenters. The standard InChI is InChI=1S/C6H5F3O4/c7-6(8,9)5(4(12)13)1-2(5)3(10)11/h2H,1H2,(H,10,11)(H,12,13)/p-2/t2-,5-/m1/s1. The van der Waals surface area contributed by atoms with Crippen LogP contribution in [-0.2, 0) is 9.59 Å². The van der Waals surface area contributed by atoms with Crippen LogP contribution in [0.2, 0.25) is 0 Å². The number of alkyl halides is 3. The summed E-state index contributed by atoms with van der Waals surface area (Å²) in [6.45, 7) is 0. The van der Waals surface area contributed by atoms with Gasteiger partial charge in [-0.15, -0.1) is 0 Å². The summed E-state index contributed by atoms with van der Waals surface area (Å²) in [6.07, 6.45) is -6.10. The molecular formula is C6H3F3O4-2. The van der Waals surface area contributed by atoms with Gasteiger partial charge in [0, 0.05) is 11.9 Å². The lowest BCUT2D eigenvalue weighted by Gasteiger charge is -2.22. The summed E-state index contributed by atoms with van der Waals surface area (Å²) in [5.74, 6) is -6.44. The first-order valence-corrected chi connectivity index (χ1v) is 3.22. The third-order valence-electron chi connectivity index (χ3n) is 2.12. The molecule has 0 radical (unpaired) electrons. The minimum atomic E-state index is -5.10. The molecule has 0 N–H and O–H groups in total. The normalized spacial score (nSPS) is 32.7. The number of rotatable bonds is 2. The first-order chi connectivity index (χ1) is 5.73. The van der Waals surface area contributed by atoms with Crippen LogP contribution in [-0.4, -0.2) is 18.1 Å². The molecule has 2 atom stereocenters. The Morgan fingerprint density at radius 2 is 1.77 bits per heavy atom. The van der Waals surface area contributed by atoms with Crippen LogP contribution < -0.4 is 10.2 Å². The van der Waals surface area contributed by atoms with E-state index in [0.29, 0.717) is 0 Å². The van der Waals surface area contributed by atoms with E-state index in [0.717, 1.165) is 0 Å². The van der Waals surface area contributed by atoms with Crippen molar-refractivity contribution in [3.8, 4) is 0 Å². The second-order valence-electron chi connectivity index (χ2n) is 2.83.